The SMILES string of the molecule is CC(C)(C)OC(=O)c1ccc(C(N)C(CC2CCC(=O)CC2)c2ccc(-c3c(OC(F)F)ccc(Cl)c3F)cn2)cc1. The minimum absolute atomic E-state index is 0.215. The van der Waals surface area contributed by atoms with Crippen LogP contribution in [0.4, 0.5) is 13.2 Å². The summed E-state index contributed by atoms with van der Waals surface area (Å²) in [5.74, 6) is -1.48. The van der Waals surface area contributed by atoms with Gasteiger partial charge in [-0.2, -0.15) is 8.78 Å². The summed E-state index contributed by atoms with van der Waals surface area (Å²) in [6.07, 6.45) is 4.58. The number of alkyl halides is 2. The minimum Gasteiger partial charge on any atom is -0.456 e. The maximum absolute atomic E-state index is 15.0. The van der Waals surface area contributed by atoms with Gasteiger partial charge < -0.3 is 15.2 Å². The van der Waals surface area contributed by atoms with Gasteiger partial charge in [-0.1, -0.05) is 29.8 Å². The van der Waals surface area contributed by atoms with Crippen molar-refractivity contribution in [2.24, 2.45) is 11.7 Å². The second kappa shape index (κ2) is 13.3. The first kappa shape index (κ1) is 31.5. The molecule has 1 aliphatic rings. The highest BCUT2D eigenvalue weighted by Crippen LogP contribution is 2.40. The third-order valence-corrected chi connectivity index (χ3v) is 7.63. The van der Waals surface area contributed by atoms with Gasteiger partial charge in [0.05, 0.1) is 16.1 Å². The van der Waals surface area contributed by atoms with Crippen molar-refractivity contribution in [2.45, 2.75) is 77.0 Å². The Labute approximate surface area is 248 Å². The molecule has 0 amide bonds. The smallest absolute Gasteiger partial charge is 0.387 e. The third-order valence-electron chi connectivity index (χ3n) is 7.34. The predicted molar refractivity (Wildman–Crippen MR) is 154 cm³/mol. The number of Topliss-reactive ketones (excluding diaryl/α,β-unsaturated/α-hetero) is 1. The zero-order valence-electron chi connectivity index (χ0n) is 23.7. The van der Waals surface area contributed by atoms with Gasteiger partial charge in [-0.3, -0.25) is 9.78 Å². The summed E-state index contributed by atoms with van der Waals surface area (Å²) in [5, 5.41) is -0.239. The Morgan fingerprint density at radius 1 is 1.07 bits per heavy atom. The first-order valence-electron chi connectivity index (χ1n) is 13.8. The highest BCUT2D eigenvalue weighted by Gasteiger charge is 2.29. The van der Waals surface area contributed by atoms with Crippen LogP contribution in [-0.4, -0.2) is 28.9 Å². The van der Waals surface area contributed by atoms with Crippen LogP contribution in [0.5, 0.6) is 5.75 Å². The number of esters is 1. The molecule has 3 aromatic rings. The number of nitrogens with two attached hydrogens (primary N) is 1. The van der Waals surface area contributed by atoms with Crippen molar-refractivity contribution >= 4 is 23.4 Å². The highest BCUT2D eigenvalue weighted by atomic mass is 35.5. The second-order valence-electron chi connectivity index (χ2n) is 11.6. The second-order valence-corrected chi connectivity index (χ2v) is 12.0. The molecule has 6 nitrogen and oxygen atoms in total. The fourth-order valence-electron chi connectivity index (χ4n) is 5.23. The van der Waals surface area contributed by atoms with Gasteiger partial charge >= 0.3 is 12.6 Å². The van der Waals surface area contributed by atoms with E-state index in [1.54, 1.807) is 57.2 Å². The van der Waals surface area contributed by atoms with E-state index < -0.39 is 30.0 Å². The molecule has 0 aliphatic heterocycles. The highest BCUT2D eigenvalue weighted by molar-refractivity contribution is 6.31. The summed E-state index contributed by atoms with van der Waals surface area (Å²) < 4.78 is 51.0. The molecule has 0 spiro atoms. The maximum Gasteiger partial charge on any atom is 0.387 e. The molecule has 1 aliphatic carbocycles. The number of nitrogens with zero attached hydrogens (tertiary/aromatic N) is 1. The first-order chi connectivity index (χ1) is 19.8. The molecule has 0 saturated heterocycles. The lowest BCUT2D eigenvalue weighted by atomic mass is 9.77. The molecule has 2 unspecified atom stereocenters. The minimum atomic E-state index is -3.15. The lowest BCUT2D eigenvalue weighted by molar-refractivity contribution is -0.121. The van der Waals surface area contributed by atoms with Crippen molar-refractivity contribution in [1.82, 2.24) is 4.98 Å². The van der Waals surface area contributed by atoms with E-state index in [-0.39, 0.29) is 39.5 Å². The van der Waals surface area contributed by atoms with Gasteiger partial charge in [-0.05, 0) is 81.8 Å². The van der Waals surface area contributed by atoms with Crippen LogP contribution >= 0.6 is 11.6 Å². The van der Waals surface area contributed by atoms with Gasteiger partial charge in [0.2, 0.25) is 0 Å². The number of ketones is 1. The van der Waals surface area contributed by atoms with Gasteiger partial charge in [-0.15, -0.1) is 0 Å². The van der Waals surface area contributed by atoms with Crippen molar-refractivity contribution in [2.75, 3.05) is 0 Å². The van der Waals surface area contributed by atoms with Crippen molar-refractivity contribution in [3.8, 4) is 16.9 Å². The van der Waals surface area contributed by atoms with Crippen LogP contribution in [0.25, 0.3) is 11.1 Å². The summed E-state index contributed by atoms with van der Waals surface area (Å²) in [6.45, 7) is 2.24. The summed E-state index contributed by atoms with van der Waals surface area (Å²) in [6, 6.07) is 12.0. The van der Waals surface area contributed by atoms with Crippen molar-refractivity contribution in [1.29, 1.82) is 0 Å². The van der Waals surface area contributed by atoms with E-state index in [1.807, 2.05) is 0 Å². The van der Waals surface area contributed by atoms with Crippen LogP contribution in [0.1, 0.15) is 86.5 Å². The number of carbonyl (C=O) groups is 2. The molecule has 1 fully saturated rings. The molecule has 0 bridgehead atoms. The molecule has 2 N–H and O–H groups in total. The maximum atomic E-state index is 15.0. The van der Waals surface area contributed by atoms with E-state index in [0.717, 1.165) is 24.5 Å². The molecule has 2 atom stereocenters. The number of pyridine rings is 1. The molecular weight excluding hydrogens is 569 g/mol. The average molecular weight is 603 g/mol. The number of carbonyl (C=O) groups excluding carboxylic acids is 2. The van der Waals surface area contributed by atoms with Gasteiger partial charge in [0.1, 0.15) is 17.1 Å². The van der Waals surface area contributed by atoms with Crippen LogP contribution in [0.3, 0.4) is 0 Å². The van der Waals surface area contributed by atoms with Gasteiger partial charge in [0.25, 0.3) is 0 Å². The van der Waals surface area contributed by atoms with Crippen molar-refractivity contribution < 1.29 is 32.2 Å². The molecule has 4 rings (SSSR count). The van der Waals surface area contributed by atoms with Gasteiger partial charge in [0.15, 0.2) is 5.82 Å². The lowest BCUT2D eigenvalue weighted by Crippen LogP contribution is -2.25. The normalized spacial score (nSPS) is 15.9. The zero-order valence-corrected chi connectivity index (χ0v) is 24.5. The first-order valence-corrected chi connectivity index (χ1v) is 14.2. The van der Waals surface area contributed by atoms with E-state index in [1.165, 1.54) is 12.3 Å². The number of rotatable bonds is 9. The molecular formula is C32H34ClF3N2O4. The van der Waals surface area contributed by atoms with E-state index in [9.17, 15) is 22.8 Å². The number of hydrogen-bond acceptors (Lipinski definition) is 6. The van der Waals surface area contributed by atoms with Crippen molar-refractivity contribution in [3.05, 3.63) is 82.4 Å². The number of halogens is 4. The Morgan fingerprint density at radius 2 is 1.74 bits per heavy atom. The van der Waals surface area contributed by atoms with Gasteiger partial charge in [-0.25, -0.2) is 9.18 Å². The lowest BCUT2D eigenvalue weighted by Gasteiger charge is -2.30. The molecule has 2 aromatic carbocycles. The molecule has 1 heterocycles. The Morgan fingerprint density at radius 3 is 2.31 bits per heavy atom. The fraction of sp³-hybridized carbons (Fsp3) is 0.406. The van der Waals surface area contributed by atoms with Gasteiger partial charge in [0, 0.05) is 42.3 Å². The van der Waals surface area contributed by atoms with E-state index in [0.29, 0.717) is 30.5 Å². The summed E-state index contributed by atoms with van der Waals surface area (Å²) in [7, 11) is 0. The number of ether oxygens (including phenoxy) is 2. The largest absolute Gasteiger partial charge is 0.456 e. The van der Waals surface area contributed by atoms with Crippen LogP contribution in [0, 0.1) is 11.7 Å². The van der Waals surface area contributed by atoms with Crippen LogP contribution in [-0.2, 0) is 9.53 Å². The van der Waals surface area contributed by atoms with Crippen molar-refractivity contribution in [3.63, 3.8) is 0 Å². The van der Waals surface area contributed by atoms with Crippen LogP contribution < -0.4 is 10.5 Å². The third kappa shape index (κ3) is 7.89. The predicted octanol–water partition coefficient (Wildman–Crippen LogP) is 8.03. The Balaban J connectivity index is 1.64. The van der Waals surface area contributed by atoms with E-state index >= 15 is 0 Å². The fourth-order valence-corrected chi connectivity index (χ4v) is 5.38. The van der Waals surface area contributed by atoms with E-state index in [4.69, 9.17) is 22.1 Å². The number of aromatic nitrogens is 1. The standard InChI is InChI=1S/C32H34ClF3N2O4/c1-32(2,3)42-30(40)20-8-6-19(7-9-20)29(37)23(16-18-4-11-22(39)12-5-18)25-14-10-21(17-38-25)27-26(41-31(35)36)15-13-24(33)28(27)34/h6-10,13-15,17-18,23,29,31H,4-5,11-12,16,37H2,1-3H3. The van der Waals surface area contributed by atoms with E-state index in [2.05, 4.69) is 9.72 Å². The quantitative estimate of drug-likeness (QED) is 0.249. The Bertz CT molecular complexity index is 1400. The molecule has 1 aromatic heterocycles. The zero-order chi connectivity index (χ0) is 30.6. The topological polar surface area (TPSA) is 91.5 Å². The summed E-state index contributed by atoms with van der Waals surface area (Å²) in [4.78, 5) is 28.9. The monoisotopic (exact) mass is 602 g/mol. The molecule has 0 radical (unpaired) electrons. The summed E-state index contributed by atoms with van der Waals surface area (Å²) >= 11 is 5.94. The Kier molecular flexibility index (Phi) is 9.94. The Hall–Kier alpha value is -3.43. The van der Waals surface area contributed by atoms with Crippen LogP contribution in [0.15, 0.2) is 54.7 Å². The number of benzene rings is 2. The molecule has 1 saturated carbocycles. The molecule has 42 heavy (non-hydrogen) atoms. The average Bonchev–Trinajstić information content (AvgIpc) is 2.94. The summed E-state index contributed by atoms with van der Waals surface area (Å²) in [5.41, 5.74) is 7.98. The number of hydrogen-bond donors (Lipinski definition) is 1. The molecule has 10 heteroatoms. The molecule has 224 valence electrons. The van der Waals surface area contributed by atoms with Crippen LogP contribution in [0.2, 0.25) is 5.02 Å².